The zero-order valence-electron chi connectivity index (χ0n) is 10.0. The van der Waals surface area contributed by atoms with E-state index in [1.165, 1.54) is 17.8 Å². The van der Waals surface area contributed by atoms with Gasteiger partial charge in [-0.25, -0.2) is 9.97 Å². The molecule has 0 radical (unpaired) electrons. The fourth-order valence-corrected chi connectivity index (χ4v) is 3.06. The Morgan fingerprint density at radius 2 is 2.21 bits per heavy atom. The summed E-state index contributed by atoms with van der Waals surface area (Å²) in [6.07, 6.45) is 1.70. The van der Waals surface area contributed by atoms with Crippen LogP contribution in [0, 0.1) is 17.0 Å². The van der Waals surface area contributed by atoms with Gasteiger partial charge in [-0.15, -0.1) is 0 Å². The number of nitrogens with zero attached hydrogens (tertiary/aromatic N) is 3. The molecule has 0 aliphatic heterocycles. The van der Waals surface area contributed by atoms with Crippen molar-refractivity contribution in [3.63, 3.8) is 0 Å². The number of nitro groups is 1. The maximum absolute atomic E-state index is 10.8. The van der Waals surface area contributed by atoms with Crippen LogP contribution in [0.2, 0.25) is 0 Å². The average molecular weight is 340 g/mol. The van der Waals surface area contributed by atoms with Crippen molar-refractivity contribution in [2.75, 3.05) is 0 Å². The van der Waals surface area contributed by atoms with E-state index in [0.29, 0.717) is 15.4 Å². The number of hydrogen-bond donors (Lipinski definition) is 0. The van der Waals surface area contributed by atoms with Crippen molar-refractivity contribution in [3.8, 4) is 0 Å². The van der Waals surface area contributed by atoms with Crippen LogP contribution in [0.5, 0.6) is 0 Å². The molecule has 0 saturated heterocycles. The lowest BCUT2D eigenvalue weighted by Crippen LogP contribution is -1.94. The second kappa shape index (κ2) is 6.12. The first kappa shape index (κ1) is 14.0. The molecule has 0 unspecified atom stereocenters. The van der Waals surface area contributed by atoms with Gasteiger partial charge >= 0.3 is 0 Å². The Morgan fingerprint density at radius 1 is 1.42 bits per heavy atom. The first-order valence-electron chi connectivity index (χ1n) is 5.42. The molecular weight excluding hydrogens is 330 g/mol. The van der Waals surface area contributed by atoms with Crippen LogP contribution < -0.4 is 0 Å². The molecule has 1 heterocycles. The Morgan fingerprint density at radius 3 is 2.89 bits per heavy atom. The standard InChI is InChI=1S/C12H10BrN3O2S/c1-8-5-6-14-12(15-8)19-7-9-3-2-4-10(11(9)13)16(17)18/h2-6H,7H2,1H3. The molecule has 0 spiro atoms. The fraction of sp³-hybridized carbons (Fsp3) is 0.167. The van der Waals surface area contributed by atoms with Crippen LogP contribution >= 0.6 is 27.7 Å². The molecule has 0 N–H and O–H groups in total. The number of hydrogen-bond acceptors (Lipinski definition) is 5. The van der Waals surface area contributed by atoms with Gasteiger partial charge in [0, 0.05) is 23.7 Å². The molecule has 5 nitrogen and oxygen atoms in total. The van der Waals surface area contributed by atoms with Gasteiger partial charge < -0.3 is 0 Å². The molecule has 19 heavy (non-hydrogen) atoms. The van der Waals surface area contributed by atoms with Gasteiger partial charge in [-0.2, -0.15) is 0 Å². The van der Waals surface area contributed by atoms with E-state index in [0.717, 1.165) is 11.3 Å². The third kappa shape index (κ3) is 3.51. The van der Waals surface area contributed by atoms with Crippen LogP contribution in [0.1, 0.15) is 11.3 Å². The average Bonchev–Trinajstić information content (AvgIpc) is 2.37. The van der Waals surface area contributed by atoms with E-state index < -0.39 is 4.92 Å². The smallest absolute Gasteiger partial charge is 0.258 e. The molecule has 1 aromatic heterocycles. The Kier molecular flexibility index (Phi) is 4.49. The maximum Gasteiger partial charge on any atom is 0.283 e. The van der Waals surface area contributed by atoms with Crippen molar-refractivity contribution in [1.82, 2.24) is 9.97 Å². The summed E-state index contributed by atoms with van der Waals surface area (Å²) in [5.41, 5.74) is 1.82. The van der Waals surface area contributed by atoms with Gasteiger partial charge in [0.25, 0.3) is 5.69 Å². The largest absolute Gasteiger partial charge is 0.283 e. The lowest BCUT2D eigenvalue weighted by molar-refractivity contribution is -0.385. The molecule has 1 aromatic carbocycles. The van der Waals surface area contributed by atoms with Crippen molar-refractivity contribution >= 4 is 33.4 Å². The van der Waals surface area contributed by atoms with Crippen molar-refractivity contribution in [1.29, 1.82) is 0 Å². The number of aromatic nitrogens is 2. The number of rotatable bonds is 4. The summed E-state index contributed by atoms with van der Waals surface area (Å²) in [5.74, 6) is 0.575. The monoisotopic (exact) mass is 339 g/mol. The number of benzene rings is 1. The van der Waals surface area contributed by atoms with E-state index in [-0.39, 0.29) is 5.69 Å². The first-order chi connectivity index (χ1) is 9.08. The molecule has 0 bridgehead atoms. The van der Waals surface area contributed by atoms with E-state index in [1.54, 1.807) is 12.3 Å². The summed E-state index contributed by atoms with van der Waals surface area (Å²) in [4.78, 5) is 18.9. The van der Waals surface area contributed by atoms with Gasteiger partial charge in [0.2, 0.25) is 0 Å². The second-order valence-electron chi connectivity index (χ2n) is 3.78. The van der Waals surface area contributed by atoms with Crippen LogP contribution in [-0.4, -0.2) is 14.9 Å². The number of thioether (sulfide) groups is 1. The molecule has 0 fully saturated rings. The third-order valence-corrected chi connectivity index (χ3v) is 4.21. The van der Waals surface area contributed by atoms with E-state index in [9.17, 15) is 10.1 Å². The molecule has 0 amide bonds. The highest BCUT2D eigenvalue weighted by atomic mass is 79.9. The SMILES string of the molecule is Cc1ccnc(SCc2cccc([N+](=O)[O-])c2Br)n1. The summed E-state index contributed by atoms with van der Waals surface area (Å²) in [5, 5.41) is 11.5. The lowest BCUT2D eigenvalue weighted by Gasteiger charge is -2.04. The Bertz CT molecular complexity index is 622. The normalized spacial score (nSPS) is 10.4. The molecule has 2 aromatic rings. The highest BCUT2D eigenvalue weighted by Crippen LogP contribution is 2.31. The zero-order valence-corrected chi connectivity index (χ0v) is 12.4. The molecule has 0 saturated carbocycles. The van der Waals surface area contributed by atoms with Gasteiger partial charge in [-0.3, -0.25) is 10.1 Å². The molecule has 0 aliphatic rings. The molecule has 0 aliphatic carbocycles. The summed E-state index contributed by atoms with van der Waals surface area (Å²) in [6.45, 7) is 1.90. The quantitative estimate of drug-likeness (QED) is 0.367. The summed E-state index contributed by atoms with van der Waals surface area (Å²) in [6, 6.07) is 6.82. The predicted octanol–water partition coefficient (Wildman–Crippen LogP) is 3.75. The number of aryl methyl sites for hydroxylation is 1. The van der Waals surface area contributed by atoms with E-state index in [4.69, 9.17) is 0 Å². The second-order valence-corrected chi connectivity index (χ2v) is 5.51. The zero-order chi connectivity index (χ0) is 13.8. The maximum atomic E-state index is 10.8. The van der Waals surface area contributed by atoms with Crippen molar-refractivity contribution in [2.45, 2.75) is 17.8 Å². The Balaban J connectivity index is 2.16. The van der Waals surface area contributed by atoms with Crippen molar-refractivity contribution in [3.05, 3.63) is 56.3 Å². The predicted molar refractivity (Wildman–Crippen MR) is 77.1 cm³/mol. The van der Waals surface area contributed by atoms with Crippen LogP contribution in [0.3, 0.4) is 0 Å². The molecule has 2 rings (SSSR count). The first-order valence-corrected chi connectivity index (χ1v) is 7.20. The van der Waals surface area contributed by atoms with Crippen LogP contribution in [0.4, 0.5) is 5.69 Å². The van der Waals surface area contributed by atoms with E-state index in [1.807, 2.05) is 19.1 Å². The summed E-state index contributed by atoms with van der Waals surface area (Å²) >= 11 is 4.72. The van der Waals surface area contributed by atoms with E-state index in [2.05, 4.69) is 25.9 Å². The van der Waals surface area contributed by atoms with Gasteiger partial charge in [0.05, 0.1) is 9.40 Å². The topological polar surface area (TPSA) is 68.9 Å². The fourth-order valence-electron chi connectivity index (χ4n) is 1.46. The minimum absolute atomic E-state index is 0.0725. The highest BCUT2D eigenvalue weighted by molar-refractivity contribution is 9.10. The molecular formula is C12H10BrN3O2S. The van der Waals surface area contributed by atoms with Gasteiger partial charge in [-0.1, -0.05) is 23.9 Å². The van der Waals surface area contributed by atoms with Crippen LogP contribution in [0.15, 0.2) is 40.1 Å². The third-order valence-electron chi connectivity index (χ3n) is 2.38. The Labute approximate surface area is 122 Å². The van der Waals surface area contributed by atoms with Gasteiger partial charge in [-0.05, 0) is 34.5 Å². The molecule has 98 valence electrons. The van der Waals surface area contributed by atoms with Gasteiger partial charge in [0.15, 0.2) is 5.16 Å². The van der Waals surface area contributed by atoms with Crippen molar-refractivity contribution < 1.29 is 4.92 Å². The molecule has 7 heteroatoms. The van der Waals surface area contributed by atoms with Crippen LogP contribution in [0.25, 0.3) is 0 Å². The van der Waals surface area contributed by atoms with Gasteiger partial charge in [0.1, 0.15) is 0 Å². The highest BCUT2D eigenvalue weighted by Gasteiger charge is 2.15. The minimum atomic E-state index is -0.401. The number of halogens is 1. The molecule has 0 atom stereocenters. The van der Waals surface area contributed by atoms with Crippen LogP contribution in [-0.2, 0) is 5.75 Å². The minimum Gasteiger partial charge on any atom is -0.258 e. The Hall–Kier alpha value is -1.47. The number of nitro benzene ring substituents is 1. The van der Waals surface area contributed by atoms with E-state index >= 15 is 0 Å². The summed E-state index contributed by atoms with van der Waals surface area (Å²) in [7, 11) is 0. The van der Waals surface area contributed by atoms with Crippen molar-refractivity contribution in [2.24, 2.45) is 0 Å². The summed E-state index contributed by atoms with van der Waals surface area (Å²) < 4.78 is 0.514. The lowest BCUT2D eigenvalue weighted by atomic mass is 10.2.